The summed E-state index contributed by atoms with van der Waals surface area (Å²) in [7, 11) is 3.15. The molecule has 39 heavy (non-hydrogen) atoms. The Morgan fingerprint density at radius 2 is 1.82 bits per heavy atom. The van der Waals surface area contributed by atoms with E-state index in [4.69, 9.17) is 9.47 Å². The summed E-state index contributed by atoms with van der Waals surface area (Å²) in [6, 6.07) is 20.4. The average Bonchev–Trinajstić information content (AvgIpc) is 3.46. The number of fused-ring (bicyclic) bond motifs is 4. The van der Waals surface area contributed by atoms with Crippen LogP contribution in [0, 0.1) is 0 Å². The molecule has 9 nitrogen and oxygen atoms in total. The van der Waals surface area contributed by atoms with E-state index in [9.17, 15) is 14.4 Å². The maximum atomic E-state index is 14.2. The van der Waals surface area contributed by atoms with E-state index in [2.05, 4.69) is 10.3 Å². The molecule has 2 aliphatic rings. The standard InChI is InChI=1S/C30H28N4O5/c1-38-15-14-31-28(35)21-11-4-6-13-24(21)34-29(36)25-17-22-20-10-3-5-12-23(20)32-26(22)27(33(25)30(34)37)18-8-7-9-19(16-18)39-2/h3-13,16,25,27,32H,14-15,17H2,1-2H3,(H,31,35)/t25-,27-/m0/s1. The Labute approximate surface area is 225 Å². The van der Waals surface area contributed by atoms with Gasteiger partial charge in [0.25, 0.3) is 11.8 Å². The summed E-state index contributed by atoms with van der Waals surface area (Å²) >= 11 is 0. The number of ether oxygens (including phenoxy) is 2. The summed E-state index contributed by atoms with van der Waals surface area (Å²) in [5.74, 6) is -0.0881. The van der Waals surface area contributed by atoms with Gasteiger partial charge in [0.15, 0.2) is 0 Å². The van der Waals surface area contributed by atoms with Gasteiger partial charge < -0.3 is 19.8 Å². The number of hydrogen-bond donors (Lipinski definition) is 2. The molecular formula is C30H28N4O5. The number of nitrogens with zero attached hydrogens (tertiary/aromatic N) is 2. The monoisotopic (exact) mass is 524 g/mol. The number of nitrogens with one attached hydrogen (secondary N) is 2. The average molecular weight is 525 g/mol. The first-order valence-electron chi connectivity index (χ1n) is 12.8. The highest BCUT2D eigenvalue weighted by Gasteiger charge is 2.53. The van der Waals surface area contributed by atoms with Crippen molar-refractivity contribution in [2.75, 3.05) is 32.3 Å². The molecule has 4 aromatic rings. The highest BCUT2D eigenvalue weighted by Crippen LogP contribution is 2.45. The van der Waals surface area contributed by atoms with Gasteiger partial charge in [0.2, 0.25) is 0 Å². The van der Waals surface area contributed by atoms with E-state index in [-0.39, 0.29) is 23.1 Å². The van der Waals surface area contributed by atoms with Crippen molar-refractivity contribution in [2.24, 2.45) is 0 Å². The van der Waals surface area contributed by atoms with Gasteiger partial charge in [-0.25, -0.2) is 9.69 Å². The van der Waals surface area contributed by atoms with Crippen LogP contribution in [-0.2, 0) is 16.0 Å². The molecule has 0 radical (unpaired) electrons. The molecule has 1 saturated heterocycles. The second-order valence-electron chi connectivity index (χ2n) is 9.59. The number of hydrogen-bond acceptors (Lipinski definition) is 5. The fraction of sp³-hybridized carbons (Fsp3) is 0.233. The number of H-pyrrole nitrogens is 1. The molecule has 1 aromatic heterocycles. The number of carbonyl (C=O) groups excluding carboxylic acids is 3. The molecule has 6 rings (SSSR count). The molecule has 9 heteroatoms. The van der Waals surface area contributed by atoms with Crippen LogP contribution < -0.4 is 15.0 Å². The highest BCUT2D eigenvalue weighted by molar-refractivity contribution is 6.24. The van der Waals surface area contributed by atoms with Crippen molar-refractivity contribution in [1.82, 2.24) is 15.2 Å². The summed E-state index contributed by atoms with van der Waals surface area (Å²) in [6.07, 6.45) is 0.364. The minimum Gasteiger partial charge on any atom is -0.497 e. The number of imide groups is 1. The van der Waals surface area contributed by atoms with Crippen molar-refractivity contribution in [3.05, 3.63) is 95.2 Å². The van der Waals surface area contributed by atoms with E-state index in [1.807, 2.05) is 48.5 Å². The van der Waals surface area contributed by atoms with E-state index in [1.54, 1.807) is 43.4 Å². The summed E-state index contributed by atoms with van der Waals surface area (Å²) in [6.45, 7) is 0.652. The number of benzene rings is 3. The van der Waals surface area contributed by atoms with Crippen molar-refractivity contribution < 1.29 is 23.9 Å². The van der Waals surface area contributed by atoms with Crippen LogP contribution in [-0.4, -0.2) is 61.1 Å². The van der Waals surface area contributed by atoms with Gasteiger partial charge in [-0.1, -0.05) is 42.5 Å². The molecule has 4 amide bonds. The number of methoxy groups -OCH3 is 2. The fourth-order valence-corrected chi connectivity index (χ4v) is 5.68. The van der Waals surface area contributed by atoms with Crippen molar-refractivity contribution in [2.45, 2.75) is 18.5 Å². The van der Waals surface area contributed by atoms with Gasteiger partial charge in [0.05, 0.1) is 25.0 Å². The second-order valence-corrected chi connectivity index (χ2v) is 9.59. The van der Waals surface area contributed by atoms with Crippen molar-refractivity contribution in [1.29, 1.82) is 0 Å². The molecule has 3 aromatic carbocycles. The maximum Gasteiger partial charge on any atom is 0.332 e. The van der Waals surface area contributed by atoms with E-state index >= 15 is 0 Å². The highest BCUT2D eigenvalue weighted by atomic mass is 16.5. The quantitative estimate of drug-likeness (QED) is 0.281. The van der Waals surface area contributed by atoms with Crippen LogP contribution in [0.3, 0.4) is 0 Å². The molecule has 0 bridgehead atoms. The lowest BCUT2D eigenvalue weighted by Crippen LogP contribution is -2.44. The molecule has 3 heterocycles. The third kappa shape index (κ3) is 4.02. The summed E-state index contributed by atoms with van der Waals surface area (Å²) in [5.41, 5.74) is 4.15. The lowest BCUT2D eigenvalue weighted by molar-refractivity contribution is -0.120. The lowest BCUT2D eigenvalue weighted by Gasteiger charge is -2.36. The SMILES string of the molecule is COCCNC(=O)c1ccccc1N1C(=O)[C@@H]2Cc3c([nH]c4ccccc34)[C@H](c3cccc(OC)c3)N2C1=O. The van der Waals surface area contributed by atoms with Crippen LogP contribution in [0.1, 0.15) is 33.2 Å². The zero-order chi connectivity index (χ0) is 27.1. The number of urea groups is 1. The first-order chi connectivity index (χ1) is 19.0. The molecule has 198 valence electrons. The Bertz CT molecular complexity index is 1600. The number of aromatic amines is 1. The topological polar surface area (TPSA) is 104 Å². The van der Waals surface area contributed by atoms with Gasteiger partial charge >= 0.3 is 6.03 Å². The van der Waals surface area contributed by atoms with Gasteiger partial charge in [-0.15, -0.1) is 0 Å². The number of para-hydroxylation sites is 2. The number of anilines is 1. The molecule has 1 fully saturated rings. The minimum absolute atomic E-state index is 0.247. The first kappa shape index (κ1) is 24.7. The Morgan fingerprint density at radius 1 is 1.03 bits per heavy atom. The van der Waals surface area contributed by atoms with E-state index in [0.29, 0.717) is 25.3 Å². The lowest BCUT2D eigenvalue weighted by atomic mass is 9.89. The van der Waals surface area contributed by atoms with Gasteiger partial charge in [-0.3, -0.25) is 14.5 Å². The fourth-order valence-electron chi connectivity index (χ4n) is 5.68. The normalized spacial score (nSPS) is 18.3. The van der Waals surface area contributed by atoms with Crippen LogP contribution in [0.5, 0.6) is 5.75 Å². The van der Waals surface area contributed by atoms with Gasteiger partial charge in [0, 0.05) is 36.7 Å². The third-order valence-electron chi connectivity index (χ3n) is 7.44. The van der Waals surface area contributed by atoms with E-state index in [0.717, 1.165) is 32.6 Å². The molecule has 0 unspecified atom stereocenters. The van der Waals surface area contributed by atoms with Gasteiger partial charge in [-0.05, 0) is 41.5 Å². The first-order valence-corrected chi connectivity index (χ1v) is 12.8. The zero-order valence-corrected chi connectivity index (χ0v) is 21.6. The third-order valence-corrected chi connectivity index (χ3v) is 7.44. The number of aromatic nitrogens is 1. The largest absolute Gasteiger partial charge is 0.497 e. The van der Waals surface area contributed by atoms with Crippen molar-refractivity contribution in [3.63, 3.8) is 0 Å². The maximum absolute atomic E-state index is 14.2. The smallest absolute Gasteiger partial charge is 0.332 e. The predicted octanol–water partition coefficient (Wildman–Crippen LogP) is 4.04. The minimum atomic E-state index is -0.731. The van der Waals surface area contributed by atoms with Crippen LogP contribution in [0.2, 0.25) is 0 Å². The van der Waals surface area contributed by atoms with E-state index < -0.39 is 18.1 Å². The van der Waals surface area contributed by atoms with Crippen molar-refractivity contribution >= 4 is 34.4 Å². The summed E-state index contributed by atoms with van der Waals surface area (Å²) in [5, 5.41) is 3.81. The van der Waals surface area contributed by atoms with Crippen LogP contribution >= 0.6 is 0 Å². The predicted molar refractivity (Wildman–Crippen MR) is 146 cm³/mol. The molecule has 2 atom stereocenters. The number of carbonyl (C=O) groups is 3. The number of rotatable bonds is 7. The summed E-state index contributed by atoms with van der Waals surface area (Å²) in [4.78, 5) is 47.5. The Morgan fingerprint density at radius 3 is 2.64 bits per heavy atom. The second kappa shape index (κ2) is 9.92. The van der Waals surface area contributed by atoms with Crippen LogP contribution in [0.4, 0.5) is 10.5 Å². The van der Waals surface area contributed by atoms with E-state index in [1.165, 1.54) is 0 Å². The van der Waals surface area contributed by atoms with Gasteiger partial charge in [0.1, 0.15) is 17.8 Å². The zero-order valence-electron chi connectivity index (χ0n) is 21.6. The molecule has 0 spiro atoms. The van der Waals surface area contributed by atoms with Gasteiger partial charge in [-0.2, -0.15) is 0 Å². The van der Waals surface area contributed by atoms with Crippen molar-refractivity contribution in [3.8, 4) is 5.75 Å². The molecule has 2 N–H and O–H groups in total. The Kier molecular flexibility index (Phi) is 6.28. The Balaban J connectivity index is 1.46. The van der Waals surface area contributed by atoms with Crippen LogP contribution in [0.15, 0.2) is 72.8 Å². The molecular weight excluding hydrogens is 496 g/mol. The summed E-state index contributed by atoms with van der Waals surface area (Å²) < 4.78 is 10.5. The molecule has 0 saturated carbocycles. The van der Waals surface area contributed by atoms with Crippen LogP contribution in [0.25, 0.3) is 10.9 Å². The number of amides is 4. The Hall–Kier alpha value is -4.63. The molecule has 2 aliphatic heterocycles. The molecule has 0 aliphatic carbocycles.